The summed E-state index contributed by atoms with van der Waals surface area (Å²) in [6.07, 6.45) is 4.52. The van der Waals surface area contributed by atoms with E-state index in [9.17, 15) is 10.1 Å². The van der Waals surface area contributed by atoms with Gasteiger partial charge in [-0.1, -0.05) is 68.0 Å². The van der Waals surface area contributed by atoms with Crippen molar-refractivity contribution in [3.8, 4) is 23.0 Å². The van der Waals surface area contributed by atoms with Gasteiger partial charge in [0.25, 0.3) is 0 Å². The number of Topliss-reactive ketones (excluding diaryl/α,β-unsaturated/α-hetero) is 1. The quantitative estimate of drug-likeness (QED) is 0.531. The highest BCUT2D eigenvalue weighted by Crippen LogP contribution is 2.47. The number of aromatic nitrogens is 2. The minimum atomic E-state index is -0.457. The van der Waals surface area contributed by atoms with Gasteiger partial charge in [0, 0.05) is 22.5 Å². The molecule has 0 saturated carbocycles. The summed E-state index contributed by atoms with van der Waals surface area (Å²) in [5, 5.41) is 14.9. The molecule has 0 radical (unpaired) electrons. The van der Waals surface area contributed by atoms with Crippen LogP contribution in [0.15, 0.2) is 66.2 Å². The van der Waals surface area contributed by atoms with Crippen LogP contribution in [-0.4, -0.2) is 15.6 Å². The molecule has 2 bridgehead atoms. The van der Waals surface area contributed by atoms with Crippen LogP contribution in [0.1, 0.15) is 43.5 Å². The van der Waals surface area contributed by atoms with Gasteiger partial charge in [-0.25, -0.2) is 4.68 Å². The van der Waals surface area contributed by atoms with Crippen molar-refractivity contribution < 1.29 is 4.79 Å². The minimum absolute atomic E-state index is 0.0223. The molecule has 160 valence electrons. The monoisotopic (exact) mass is 421 g/mol. The Morgan fingerprint density at radius 3 is 2.53 bits per heavy atom. The van der Waals surface area contributed by atoms with E-state index in [4.69, 9.17) is 5.10 Å². The van der Waals surface area contributed by atoms with Crippen molar-refractivity contribution in [3.63, 3.8) is 0 Å². The van der Waals surface area contributed by atoms with E-state index in [1.807, 2.05) is 19.1 Å². The first-order valence-electron chi connectivity index (χ1n) is 11.3. The van der Waals surface area contributed by atoms with E-state index >= 15 is 0 Å². The lowest BCUT2D eigenvalue weighted by atomic mass is 9.77. The molecular weight excluding hydrogens is 394 g/mol. The van der Waals surface area contributed by atoms with E-state index in [0.717, 1.165) is 41.9 Å². The van der Waals surface area contributed by atoms with Crippen molar-refractivity contribution in [2.75, 3.05) is 0 Å². The normalized spacial score (nSPS) is 24.7. The standard InChI is InChI=1S/C28H27N3O/c1-18-9-12-23(13-10-18)31-25(20-7-5-4-6-8-20)24-14-11-21-15-28(3,27(24)30-31)16-22(17-29)26(32)19(21)2/h4-10,12-13,16,19,21H,11,14-15H2,1-3H3/t19-,21-,28+/m1/s1. The topological polar surface area (TPSA) is 58.7 Å². The van der Waals surface area contributed by atoms with Gasteiger partial charge in [-0.2, -0.15) is 10.4 Å². The Morgan fingerprint density at radius 1 is 1.12 bits per heavy atom. The molecule has 0 unspecified atom stereocenters. The third-order valence-electron chi connectivity index (χ3n) is 7.27. The number of nitrogens with zero attached hydrogens (tertiary/aromatic N) is 3. The van der Waals surface area contributed by atoms with E-state index in [2.05, 4.69) is 73.1 Å². The fraction of sp³-hybridized carbons (Fsp3) is 0.321. The van der Waals surface area contributed by atoms with Gasteiger partial charge in [0.1, 0.15) is 6.07 Å². The van der Waals surface area contributed by atoms with Gasteiger partial charge in [-0.15, -0.1) is 0 Å². The maximum absolute atomic E-state index is 12.9. The van der Waals surface area contributed by atoms with Gasteiger partial charge >= 0.3 is 0 Å². The molecule has 3 aromatic rings. The summed E-state index contributed by atoms with van der Waals surface area (Å²) in [7, 11) is 0. The molecular formula is C28H27N3O. The van der Waals surface area contributed by atoms with E-state index in [-0.39, 0.29) is 23.2 Å². The van der Waals surface area contributed by atoms with Crippen LogP contribution in [0.3, 0.4) is 0 Å². The number of aryl methyl sites for hydroxylation is 1. The number of carbonyl (C=O) groups is 1. The maximum Gasteiger partial charge on any atom is 0.176 e. The van der Waals surface area contributed by atoms with Gasteiger partial charge in [0.05, 0.1) is 22.6 Å². The molecule has 5 rings (SSSR count). The summed E-state index contributed by atoms with van der Waals surface area (Å²) in [6, 6.07) is 21.0. The highest BCUT2D eigenvalue weighted by atomic mass is 16.1. The van der Waals surface area contributed by atoms with Crippen molar-refractivity contribution in [3.05, 3.63) is 83.1 Å². The second-order valence-corrected chi connectivity index (χ2v) is 9.53. The van der Waals surface area contributed by atoms with E-state index in [1.54, 1.807) is 0 Å². The Balaban J connectivity index is 1.79. The van der Waals surface area contributed by atoms with E-state index in [0.29, 0.717) is 0 Å². The molecule has 0 N–H and O–H groups in total. The van der Waals surface area contributed by atoms with Crippen LogP contribution in [0.25, 0.3) is 16.9 Å². The number of hydrogen-bond acceptors (Lipinski definition) is 3. The molecule has 2 aliphatic rings. The van der Waals surface area contributed by atoms with Gasteiger partial charge < -0.3 is 0 Å². The highest BCUT2D eigenvalue weighted by Gasteiger charge is 2.44. The fourth-order valence-electron chi connectivity index (χ4n) is 5.48. The summed E-state index contributed by atoms with van der Waals surface area (Å²) < 4.78 is 2.06. The molecule has 4 nitrogen and oxygen atoms in total. The fourth-order valence-corrected chi connectivity index (χ4v) is 5.48. The Kier molecular flexibility index (Phi) is 4.86. The molecule has 2 aromatic carbocycles. The number of fused-ring (bicyclic) bond motifs is 4. The zero-order valence-electron chi connectivity index (χ0n) is 18.8. The molecule has 0 aliphatic heterocycles. The lowest BCUT2D eigenvalue weighted by molar-refractivity contribution is -0.119. The number of carbonyl (C=O) groups excluding carboxylic acids is 1. The first kappa shape index (κ1) is 20.5. The van der Waals surface area contributed by atoms with Crippen LogP contribution in [0.4, 0.5) is 0 Å². The van der Waals surface area contributed by atoms with Crippen molar-refractivity contribution >= 4 is 5.78 Å². The van der Waals surface area contributed by atoms with Crippen molar-refractivity contribution in [1.29, 1.82) is 5.26 Å². The summed E-state index contributed by atoms with van der Waals surface area (Å²) in [5.74, 6) is 0.0716. The minimum Gasteiger partial charge on any atom is -0.293 e. The number of rotatable bonds is 2. The first-order valence-corrected chi connectivity index (χ1v) is 11.3. The SMILES string of the molecule is Cc1ccc(-n2nc3c(c2-c2ccccc2)CC[C@@H]2C[C@@]3(C)C=C(C#N)C(=O)[C@@H]2C)cc1. The molecule has 0 amide bonds. The summed E-state index contributed by atoms with van der Waals surface area (Å²) in [5.41, 5.74) is 6.52. The predicted molar refractivity (Wildman–Crippen MR) is 125 cm³/mol. The van der Waals surface area contributed by atoms with Crippen molar-refractivity contribution in [1.82, 2.24) is 9.78 Å². The molecule has 1 aromatic heterocycles. The van der Waals surface area contributed by atoms with Crippen LogP contribution in [-0.2, 0) is 16.6 Å². The number of nitriles is 1. The lowest BCUT2D eigenvalue weighted by Gasteiger charge is -2.27. The Morgan fingerprint density at radius 2 is 1.84 bits per heavy atom. The van der Waals surface area contributed by atoms with Crippen LogP contribution >= 0.6 is 0 Å². The summed E-state index contributed by atoms with van der Waals surface area (Å²) in [6.45, 7) is 6.21. The smallest absolute Gasteiger partial charge is 0.176 e. The summed E-state index contributed by atoms with van der Waals surface area (Å²) >= 11 is 0. The Labute approximate surface area is 189 Å². The third-order valence-corrected chi connectivity index (χ3v) is 7.27. The molecule has 4 heteroatoms. The Hall–Kier alpha value is -3.45. The van der Waals surface area contributed by atoms with Crippen molar-refractivity contribution in [2.45, 2.75) is 45.4 Å². The van der Waals surface area contributed by atoms with Crippen molar-refractivity contribution in [2.24, 2.45) is 11.8 Å². The van der Waals surface area contributed by atoms with Gasteiger partial charge in [0.15, 0.2) is 5.78 Å². The van der Waals surface area contributed by atoms with Gasteiger partial charge in [-0.3, -0.25) is 4.79 Å². The molecule has 0 spiro atoms. The third kappa shape index (κ3) is 3.20. The molecule has 0 saturated heterocycles. The van der Waals surface area contributed by atoms with Crippen LogP contribution in [0.5, 0.6) is 0 Å². The highest BCUT2D eigenvalue weighted by molar-refractivity contribution is 6.01. The lowest BCUT2D eigenvalue weighted by Crippen LogP contribution is -2.25. The summed E-state index contributed by atoms with van der Waals surface area (Å²) in [4.78, 5) is 12.9. The van der Waals surface area contributed by atoms with Gasteiger partial charge in [0.2, 0.25) is 0 Å². The predicted octanol–water partition coefficient (Wildman–Crippen LogP) is 5.73. The average molecular weight is 422 g/mol. The van der Waals surface area contributed by atoms with Crippen LogP contribution in [0.2, 0.25) is 0 Å². The van der Waals surface area contributed by atoms with E-state index < -0.39 is 5.41 Å². The molecule has 3 atom stereocenters. The molecule has 0 fully saturated rings. The van der Waals surface area contributed by atoms with Gasteiger partial charge in [-0.05, 0) is 44.2 Å². The van der Waals surface area contributed by atoms with E-state index in [1.165, 1.54) is 11.1 Å². The maximum atomic E-state index is 12.9. The molecule has 32 heavy (non-hydrogen) atoms. The second kappa shape index (κ2) is 7.60. The average Bonchev–Trinajstić information content (AvgIpc) is 3.10. The molecule has 2 aliphatic carbocycles. The number of benzene rings is 2. The van der Waals surface area contributed by atoms with Crippen LogP contribution in [0, 0.1) is 30.1 Å². The number of hydrogen-bond donors (Lipinski definition) is 0. The second-order valence-electron chi connectivity index (χ2n) is 9.53. The zero-order valence-corrected chi connectivity index (χ0v) is 18.8. The number of ketones is 1. The van der Waals surface area contributed by atoms with Crippen LogP contribution < -0.4 is 0 Å². The number of allylic oxidation sites excluding steroid dienone is 2. The molecule has 1 heterocycles. The zero-order chi connectivity index (χ0) is 22.5. The first-order chi connectivity index (χ1) is 15.4. The largest absolute Gasteiger partial charge is 0.293 e. The Bertz CT molecular complexity index is 1260.